The number of rotatable bonds is 3. The Labute approximate surface area is 143 Å². The van der Waals surface area contributed by atoms with Gasteiger partial charge in [-0.25, -0.2) is 4.39 Å². The first-order chi connectivity index (χ1) is 11.4. The van der Waals surface area contributed by atoms with Gasteiger partial charge in [-0.2, -0.15) is 0 Å². The van der Waals surface area contributed by atoms with Crippen LogP contribution in [0.15, 0.2) is 23.0 Å². The molecule has 0 spiro atoms. The molecule has 0 unspecified atom stereocenters. The Morgan fingerprint density at radius 3 is 2.67 bits per heavy atom. The smallest absolute Gasteiger partial charge is 0.307 e. The van der Waals surface area contributed by atoms with Gasteiger partial charge in [0.25, 0.3) is 0 Å². The third-order valence-electron chi connectivity index (χ3n) is 4.52. The highest BCUT2D eigenvalue weighted by Crippen LogP contribution is 2.33. The lowest BCUT2D eigenvalue weighted by Crippen LogP contribution is -2.43. The van der Waals surface area contributed by atoms with Crippen molar-refractivity contribution in [2.24, 2.45) is 0 Å². The molecule has 0 bridgehead atoms. The summed E-state index contributed by atoms with van der Waals surface area (Å²) < 4.78 is 15.1. The Balaban J connectivity index is 1.79. The van der Waals surface area contributed by atoms with E-state index in [9.17, 15) is 14.0 Å². The van der Waals surface area contributed by atoms with Crippen molar-refractivity contribution in [3.05, 3.63) is 44.3 Å². The predicted octanol–water partition coefficient (Wildman–Crippen LogP) is 2.54. The number of halogens is 1. The minimum absolute atomic E-state index is 0.0290. The number of aromatic nitrogens is 1. The van der Waals surface area contributed by atoms with Crippen LogP contribution in [0.4, 0.5) is 15.8 Å². The fraction of sp³-hybridized carbons (Fsp3) is 0.412. The van der Waals surface area contributed by atoms with Gasteiger partial charge in [-0.05, 0) is 32.0 Å². The van der Waals surface area contributed by atoms with Crippen LogP contribution in [0, 0.1) is 19.7 Å². The van der Waals surface area contributed by atoms with E-state index in [2.05, 4.69) is 0 Å². The molecule has 0 aliphatic carbocycles. The van der Waals surface area contributed by atoms with Gasteiger partial charge in [-0.1, -0.05) is 11.3 Å². The summed E-state index contributed by atoms with van der Waals surface area (Å²) in [5, 5.41) is 0. The van der Waals surface area contributed by atoms with Crippen molar-refractivity contribution < 1.29 is 9.18 Å². The van der Waals surface area contributed by atoms with E-state index in [0.717, 1.165) is 16.3 Å². The minimum Gasteiger partial charge on any atom is -0.371 e. The number of amides is 1. The second-order valence-electron chi connectivity index (χ2n) is 6.01. The van der Waals surface area contributed by atoms with Crippen molar-refractivity contribution in [3.8, 4) is 0 Å². The van der Waals surface area contributed by atoms with Gasteiger partial charge >= 0.3 is 4.87 Å². The first kappa shape index (κ1) is 16.7. The third kappa shape index (κ3) is 2.96. The maximum absolute atomic E-state index is 13.5. The largest absolute Gasteiger partial charge is 0.371 e. The summed E-state index contributed by atoms with van der Waals surface area (Å²) in [7, 11) is 1.89. The molecule has 1 aromatic heterocycles. The lowest BCUT2D eigenvalue weighted by molar-refractivity contribution is -0.118. The summed E-state index contributed by atoms with van der Waals surface area (Å²) in [5.74, 6) is -0.364. The number of fused-ring (bicyclic) bond motifs is 1. The number of carbonyl (C=O) groups excluding carboxylic acids is 1. The molecule has 3 rings (SSSR count). The van der Waals surface area contributed by atoms with Crippen LogP contribution in [-0.4, -0.2) is 30.6 Å². The molecule has 0 atom stereocenters. The second kappa shape index (κ2) is 6.39. The van der Waals surface area contributed by atoms with E-state index in [4.69, 9.17) is 0 Å². The van der Waals surface area contributed by atoms with E-state index in [1.807, 2.05) is 25.8 Å². The molecule has 2 heterocycles. The van der Waals surface area contributed by atoms with Gasteiger partial charge in [0, 0.05) is 43.7 Å². The molecule has 2 aromatic rings. The first-order valence-electron chi connectivity index (χ1n) is 7.86. The highest BCUT2D eigenvalue weighted by Gasteiger charge is 2.25. The van der Waals surface area contributed by atoms with Crippen LogP contribution >= 0.6 is 11.3 Å². The Morgan fingerprint density at radius 1 is 1.25 bits per heavy atom. The number of carbonyl (C=O) groups is 1. The molecule has 7 heteroatoms. The van der Waals surface area contributed by atoms with Crippen LogP contribution in [0.25, 0.3) is 0 Å². The molecule has 0 saturated heterocycles. The molecular weight excluding hydrogens is 329 g/mol. The Bertz CT molecular complexity index is 843. The zero-order valence-electron chi connectivity index (χ0n) is 14.0. The minimum atomic E-state index is -0.314. The number of thiazole rings is 1. The number of benzene rings is 1. The summed E-state index contributed by atoms with van der Waals surface area (Å²) in [6.45, 7) is 5.39. The molecule has 1 aliphatic rings. The van der Waals surface area contributed by atoms with Crippen LogP contribution < -0.4 is 14.7 Å². The van der Waals surface area contributed by atoms with E-state index in [-0.39, 0.29) is 23.0 Å². The molecule has 5 nitrogen and oxygen atoms in total. The highest BCUT2D eigenvalue weighted by molar-refractivity contribution is 7.09. The fourth-order valence-electron chi connectivity index (χ4n) is 2.97. The molecular formula is C17H20FN3O2S. The SMILES string of the molecule is Cc1sc(=O)n(CCC(=O)N2CCN(C)c3cc(F)ccc32)c1C. The van der Waals surface area contributed by atoms with Gasteiger partial charge in [-0.15, -0.1) is 0 Å². The molecule has 0 saturated carbocycles. The molecule has 0 fully saturated rings. The fourth-order valence-corrected chi connectivity index (χ4v) is 3.83. The molecule has 0 radical (unpaired) electrons. The Morgan fingerprint density at radius 2 is 2.00 bits per heavy atom. The maximum Gasteiger partial charge on any atom is 0.307 e. The van der Waals surface area contributed by atoms with Crippen LogP contribution in [0.1, 0.15) is 17.0 Å². The monoisotopic (exact) mass is 349 g/mol. The molecule has 1 amide bonds. The van der Waals surface area contributed by atoms with Crippen LogP contribution in [0.3, 0.4) is 0 Å². The highest BCUT2D eigenvalue weighted by atomic mass is 32.1. The van der Waals surface area contributed by atoms with E-state index in [0.29, 0.717) is 25.3 Å². The zero-order valence-corrected chi connectivity index (χ0v) is 14.8. The average Bonchev–Trinajstić information content (AvgIpc) is 2.78. The van der Waals surface area contributed by atoms with E-state index >= 15 is 0 Å². The van der Waals surface area contributed by atoms with Crippen molar-refractivity contribution in [2.75, 3.05) is 29.9 Å². The maximum atomic E-state index is 13.5. The molecule has 1 aromatic carbocycles. The number of nitrogens with zero attached hydrogens (tertiary/aromatic N) is 3. The topological polar surface area (TPSA) is 45.6 Å². The molecule has 24 heavy (non-hydrogen) atoms. The van der Waals surface area contributed by atoms with E-state index < -0.39 is 0 Å². The normalized spacial score (nSPS) is 14.0. The number of anilines is 2. The standard InChI is InChI=1S/C17H20FN3O2S/c1-11-12(2)24-17(23)20(11)7-6-16(22)21-9-8-19(3)15-10-13(18)4-5-14(15)21/h4-5,10H,6-9H2,1-3H3. The van der Waals surface area contributed by atoms with E-state index in [1.165, 1.54) is 23.5 Å². The summed E-state index contributed by atoms with van der Waals surface area (Å²) in [6.07, 6.45) is 0.247. The Kier molecular flexibility index (Phi) is 4.45. The summed E-state index contributed by atoms with van der Waals surface area (Å²) >= 11 is 1.21. The molecule has 1 aliphatic heterocycles. The van der Waals surface area contributed by atoms with Crippen molar-refractivity contribution in [1.29, 1.82) is 0 Å². The van der Waals surface area contributed by atoms with Crippen LogP contribution in [-0.2, 0) is 11.3 Å². The predicted molar refractivity (Wildman–Crippen MR) is 94.7 cm³/mol. The van der Waals surface area contributed by atoms with Crippen molar-refractivity contribution in [2.45, 2.75) is 26.8 Å². The number of aryl methyl sites for hydroxylation is 1. The Hall–Kier alpha value is -2.15. The first-order valence-corrected chi connectivity index (χ1v) is 8.68. The summed E-state index contributed by atoms with van der Waals surface area (Å²) in [4.78, 5) is 29.2. The summed E-state index contributed by atoms with van der Waals surface area (Å²) in [5.41, 5.74) is 2.36. The molecule has 0 N–H and O–H groups in total. The summed E-state index contributed by atoms with van der Waals surface area (Å²) in [6, 6.07) is 4.46. The van der Waals surface area contributed by atoms with Crippen molar-refractivity contribution in [3.63, 3.8) is 0 Å². The zero-order chi connectivity index (χ0) is 17.4. The number of hydrogen-bond donors (Lipinski definition) is 0. The second-order valence-corrected chi connectivity index (χ2v) is 7.18. The average molecular weight is 349 g/mol. The molecule has 128 valence electrons. The van der Waals surface area contributed by atoms with Gasteiger partial charge in [0.05, 0.1) is 11.4 Å². The van der Waals surface area contributed by atoms with Crippen LogP contribution in [0.2, 0.25) is 0 Å². The quantitative estimate of drug-likeness (QED) is 0.855. The number of likely N-dealkylation sites (N-methyl/N-ethyl adjacent to an activating group) is 1. The number of hydrogen-bond acceptors (Lipinski definition) is 4. The van der Waals surface area contributed by atoms with Crippen LogP contribution in [0.5, 0.6) is 0 Å². The van der Waals surface area contributed by atoms with Gasteiger partial charge < -0.3 is 14.4 Å². The van der Waals surface area contributed by atoms with Gasteiger partial charge in [0.1, 0.15) is 5.82 Å². The van der Waals surface area contributed by atoms with Gasteiger partial charge in [-0.3, -0.25) is 9.59 Å². The lowest BCUT2D eigenvalue weighted by Gasteiger charge is -2.35. The van der Waals surface area contributed by atoms with Gasteiger partial charge in [0.15, 0.2) is 0 Å². The van der Waals surface area contributed by atoms with Gasteiger partial charge in [0.2, 0.25) is 5.91 Å². The van der Waals surface area contributed by atoms with E-state index in [1.54, 1.807) is 15.5 Å². The van der Waals surface area contributed by atoms with Crippen molar-refractivity contribution >= 4 is 28.6 Å². The lowest BCUT2D eigenvalue weighted by atomic mass is 10.1. The third-order valence-corrected chi connectivity index (χ3v) is 5.52. The van der Waals surface area contributed by atoms with Crippen molar-refractivity contribution in [1.82, 2.24) is 4.57 Å².